The Bertz CT molecular complexity index is 231. The van der Waals surface area contributed by atoms with Gasteiger partial charge in [-0.3, -0.25) is 0 Å². The maximum Gasteiger partial charge on any atom is 0.0691 e. The minimum absolute atomic E-state index is 0.343. The fourth-order valence-electron chi connectivity index (χ4n) is 2.17. The maximum absolute atomic E-state index is 9.92. The van der Waals surface area contributed by atoms with E-state index in [9.17, 15) is 5.11 Å². The molecule has 8 nitrogen and oxygen atoms in total. The van der Waals surface area contributed by atoms with Crippen molar-refractivity contribution >= 4 is 0 Å². The molecule has 0 amide bonds. The second-order valence-electron chi connectivity index (χ2n) is 5.85. The van der Waals surface area contributed by atoms with E-state index >= 15 is 0 Å². The molecule has 1 unspecified atom stereocenters. The van der Waals surface area contributed by atoms with Crippen LogP contribution in [-0.4, -0.2) is 55.3 Å². The second kappa shape index (κ2) is 11.3. The molecule has 0 bridgehead atoms. The number of nitrogens with one attached hydrogen (secondary N) is 2. The third-order valence-corrected chi connectivity index (χ3v) is 3.58. The largest absolute Gasteiger partial charge is 0.392 e. The summed E-state index contributed by atoms with van der Waals surface area (Å²) in [6, 6.07) is 0. The summed E-state index contributed by atoms with van der Waals surface area (Å²) in [5.41, 5.74) is 27.5. The number of aliphatic hydroxyl groups is 1. The highest BCUT2D eigenvalue weighted by Crippen LogP contribution is 2.20. The van der Waals surface area contributed by atoms with Gasteiger partial charge in [0.05, 0.1) is 18.4 Å². The predicted octanol–water partition coefficient (Wildman–Crippen LogP) is -2.71. The predicted molar refractivity (Wildman–Crippen MR) is 87.1 cm³/mol. The van der Waals surface area contributed by atoms with Crippen molar-refractivity contribution in [3.63, 3.8) is 0 Å². The first-order valence-electron chi connectivity index (χ1n) is 7.68. The first kappa shape index (κ1) is 20.7. The van der Waals surface area contributed by atoms with Gasteiger partial charge in [0.2, 0.25) is 0 Å². The molecule has 0 aliphatic carbocycles. The molecule has 0 rings (SSSR count). The van der Waals surface area contributed by atoms with Crippen LogP contribution < -0.4 is 39.3 Å². The van der Waals surface area contributed by atoms with Crippen LogP contribution >= 0.6 is 0 Å². The molecule has 128 valence electrons. The Kier molecular flexibility index (Phi) is 11.1. The highest BCUT2D eigenvalue weighted by molar-refractivity contribution is 4.89. The Morgan fingerprint density at radius 2 is 1.29 bits per heavy atom. The molecular weight excluding hydrogens is 270 g/mol. The van der Waals surface area contributed by atoms with Crippen LogP contribution in [0.25, 0.3) is 0 Å². The van der Waals surface area contributed by atoms with Crippen LogP contribution in [0.1, 0.15) is 32.6 Å². The van der Waals surface area contributed by atoms with E-state index < -0.39 is 11.6 Å². The zero-order chi connectivity index (χ0) is 16.3. The van der Waals surface area contributed by atoms with Crippen LogP contribution in [0.3, 0.4) is 0 Å². The van der Waals surface area contributed by atoms with Crippen LogP contribution in [0.4, 0.5) is 0 Å². The third kappa shape index (κ3) is 11.0. The van der Waals surface area contributed by atoms with Gasteiger partial charge >= 0.3 is 0 Å². The van der Waals surface area contributed by atoms with E-state index in [1.54, 1.807) is 6.92 Å². The van der Waals surface area contributed by atoms with Crippen LogP contribution in [0.15, 0.2) is 0 Å². The molecule has 0 heterocycles. The Balaban J connectivity index is 3.90. The Morgan fingerprint density at radius 3 is 1.57 bits per heavy atom. The lowest BCUT2D eigenvalue weighted by Gasteiger charge is -2.33. The fourth-order valence-corrected chi connectivity index (χ4v) is 2.17. The normalized spacial score (nSPS) is 14.1. The number of hydrogen-bond acceptors (Lipinski definition) is 8. The van der Waals surface area contributed by atoms with Crippen molar-refractivity contribution < 1.29 is 5.11 Å². The van der Waals surface area contributed by atoms with Crippen molar-refractivity contribution in [1.29, 1.82) is 0 Å². The van der Waals surface area contributed by atoms with E-state index in [1.807, 2.05) is 0 Å². The van der Waals surface area contributed by atoms with Crippen LogP contribution in [-0.2, 0) is 0 Å². The SMILES string of the molecule is CC(O)C(N)(CCCNCC(N)N)CCCNCC(N)N. The molecule has 0 spiro atoms. The van der Waals surface area contributed by atoms with E-state index in [1.165, 1.54) is 0 Å². The highest BCUT2D eigenvalue weighted by Gasteiger charge is 2.29. The summed E-state index contributed by atoms with van der Waals surface area (Å²) in [5, 5.41) is 16.2. The summed E-state index contributed by atoms with van der Waals surface area (Å²) in [5.74, 6) is 0. The number of nitrogens with two attached hydrogens (primary N) is 5. The monoisotopic (exact) mass is 305 g/mol. The summed E-state index contributed by atoms with van der Waals surface area (Å²) in [6.45, 7) is 4.48. The lowest BCUT2D eigenvalue weighted by molar-refractivity contribution is 0.0852. The Labute approximate surface area is 128 Å². The van der Waals surface area contributed by atoms with Gasteiger partial charge < -0.3 is 44.4 Å². The first-order valence-corrected chi connectivity index (χ1v) is 7.68. The van der Waals surface area contributed by atoms with Gasteiger partial charge in [0.1, 0.15) is 0 Å². The standard InChI is InChI=1S/C13H35N7O/c1-10(21)13(18,4-2-6-19-8-11(14)15)5-3-7-20-9-12(16)17/h10-12,19-21H,2-9,14-18H2,1H3. The number of aliphatic hydroxyl groups excluding tert-OH is 1. The highest BCUT2D eigenvalue weighted by atomic mass is 16.3. The molecule has 1 atom stereocenters. The molecule has 0 aliphatic heterocycles. The summed E-state index contributed by atoms with van der Waals surface area (Å²) < 4.78 is 0. The average Bonchev–Trinajstić information content (AvgIpc) is 2.37. The molecule has 0 aromatic rings. The van der Waals surface area contributed by atoms with Crippen molar-refractivity contribution in [3.8, 4) is 0 Å². The van der Waals surface area contributed by atoms with Gasteiger partial charge in [-0.25, -0.2) is 0 Å². The van der Waals surface area contributed by atoms with Gasteiger partial charge in [0, 0.05) is 18.6 Å². The van der Waals surface area contributed by atoms with Gasteiger partial charge in [-0.2, -0.15) is 0 Å². The van der Waals surface area contributed by atoms with E-state index in [0.29, 0.717) is 13.1 Å². The summed E-state index contributed by atoms with van der Waals surface area (Å²) >= 11 is 0. The lowest BCUT2D eigenvalue weighted by Crippen LogP contribution is -2.50. The van der Waals surface area contributed by atoms with Crippen molar-refractivity contribution in [2.75, 3.05) is 26.2 Å². The molecule has 0 saturated heterocycles. The van der Waals surface area contributed by atoms with Crippen molar-refractivity contribution in [3.05, 3.63) is 0 Å². The van der Waals surface area contributed by atoms with E-state index in [4.69, 9.17) is 28.7 Å². The second-order valence-corrected chi connectivity index (χ2v) is 5.85. The molecule has 21 heavy (non-hydrogen) atoms. The molecule has 0 aromatic heterocycles. The molecule has 0 fully saturated rings. The van der Waals surface area contributed by atoms with Gasteiger partial charge in [-0.05, 0) is 45.7 Å². The van der Waals surface area contributed by atoms with Crippen LogP contribution in [0, 0.1) is 0 Å². The van der Waals surface area contributed by atoms with Gasteiger partial charge in [0.15, 0.2) is 0 Å². The number of rotatable bonds is 13. The van der Waals surface area contributed by atoms with Gasteiger partial charge in [0.25, 0.3) is 0 Å². The first-order chi connectivity index (χ1) is 9.78. The van der Waals surface area contributed by atoms with Crippen molar-refractivity contribution in [2.24, 2.45) is 28.7 Å². The maximum atomic E-state index is 9.92. The van der Waals surface area contributed by atoms with Crippen molar-refractivity contribution in [1.82, 2.24) is 10.6 Å². The van der Waals surface area contributed by atoms with E-state index in [2.05, 4.69) is 10.6 Å². The van der Waals surface area contributed by atoms with Crippen LogP contribution in [0.2, 0.25) is 0 Å². The lowest BCUT2D eigenvalue weighted by atomic mass is 9.84. The zero-order valence-corrected chi connectivity index (χ0v) is 13.2. The summed E-state index contributed by atoms with van der Waals surface area (Å²) in [6.07, 6.45) is 1.99. The van der Waals surface area contributed by atoms with Gasteiger partial charge in [-0.1, -0.05) is 0 Å². The minimum atomic E-state index is -0.570. The topological polar surface area (TPSA) is 174 Å². The summed E-state index contributed by atoms with van der Waals surface area (Å²) in [7, 11) is 0. The molecular formula is C13H35N7O. The third-order valence-electron chi connectivity index (χ3n) is 3.58. The summed E-state index contributed by atoms with van der Waals surface area (Å²) in [4.78, 5) is 0. The zero-order valence-electron chi connectivity index (χ0n) is 13.2. The molecule has 0 aliphatic rings. The van der Waals surface area contributed by atoms with E-state index in [-0.39, 0.29) is 12.3 Å². The number of hydrogen-bond donors (Lipinski definition) is 8. The molecule has 0 saturated carbocycles. The Morgan fingerprint density at radius 1 is 0.905 bits per heavy atom. The molecule has 0 radical (unpaired) electrons. The van der Waals surface area contributed by atoms with E-state index in [0.717, 1.165) is 38.8 Å². The molecule has 13 N–H and O–H groups in total. The smallest absolute Gasteiger partial charge is 0.0691 e. The quantitative estimate of drug-likeness (QED) is 0.134. The fraction of sp³-hybridized carbons (Fsp3) is 1.00. The minimum Gasteiger partial charge on any atom is -0.392 e. The molecule has 8 heteroatoms. The van der Waals surface area contributed by atoms with Crippen molar-refractivity contribution in [2.45, 2.75) is 56.6 Å². The van der Waals surface area contributed by atoms with Gasteiger partial charge in [-0.15, -0.1) is 0 Å². The van der Waals surface area contributed by atoms with Crippen LogP contribution in [0.5, 0.6) is 0 Å². The Hall–Kier alpha value is -0.320. The average molecular weight is 305 g/mol. The molecule has 0 aromatic carbocycles.